The number of nitrogens with zero attached hydrogens (tertiary/aromatic N) is 1. The molecular weight excluding hydrogens is 306 g/mol. The second-order valence-electron chi connectivity index (χ2n) is 4.50. The maximum absolute atomic E-state index is 12.5. The molecule has 0 heterocycles. The van der Waals surface area contributed by atoms with Gasteiger partial charge in [0.15, 0.2) is 0 Å². The molecule has 0 saturated carbocycles. The predicted octanol–water partition coefficient (Wildman–Crippen LogP) is 0.414. The summed E-state index contributed by atoms with van der Waals surface area (Å²) in [6.45, 7) is 4.85. The summed E-state index contributed by atoms with van der Waals surface area (Å²) in [6, 6.07) is 4.25. The maximum Gasteiger partial charge on any atom is 0.255 e. The molecule has 1 aromatic carbocycles. The van der Waals surface area contributed by atoms with Crippen molar-refractivity contribution in [3.63, 3.8) is 0 Å². The Hall–Kier alpha value is -1.64. The fourth-order valence-corrected chi connectivity index (χ4v) is 3.50. The first-order valence-corrected chi connectivity index (χ1v) is 8.52. The lowest BCUT2D eigenvalue weighted by molar-refractivity contribution is 0.0951. The van der Waals surface area contributed by atoms with Crippen molar-refractivity contribution < 1.29 is 17.9 Å². The minimum Gasteiger partial charge on any atom is -0.496 e. The predicted molar refractivity (Wildman–Crippen MR) is 84.5 cm³/mol. The lowest BCUT2D eigenvalue weighted by atomic mass is 10.2. The van der Waals surface area contributed by atoms with E-state index in [1.54, 1.807) is 13.8 Å². The van der Waals surface area contributed by atoms with Gasteiger partial charge in [-0.1, -0.05) is 13.8 Å². The van der Waals surface area contributed by atoms with E-state index in [2.05, 4.69) is 5.32 Å². The number of hydrogen-bond donors (Lipinski definition) is 2. The third-order valence-electron chi connectivity index (χ3n) is 3.19. The smallest absolute Gasteiger partial charge is 0.255 e. The van der Waals surface area contributed by atoms with Crippen LogP contribution in [0.15, 0.2) is 23.1 Å². The third-order valence-corrected chi connectivity index (χ3v) is 5.23. The first kappa shape index (κ1) is 18.4. The van der Waals surface area contributed by atoms with Gasteiger partial charge in [0.05, 0.1) is 17.6 Å². The normalized spacial score (nSPS) is 11.5. The number of rotatable bonds is 8. The Morgan fingerprint density at radius 3 is 2.45 bits per heavy atom. The molecule has 0 aliphatic rings. The van der Waals surface area contributed by atoms with Crippen molar-refractivity contribution in [2.75, 3.05) is 33.3 Å². The number of nitrogens with one attached hydrogen (secondary N) is 1. The van der Waals surface area contributed by atoms with Crippen LogP contribution in [0.2, 0.25) is 0 Å². The first-order chi connectivity index (χ1) is 10.4. The standard InChI is InChI=1S/C14H23N3O4S/c1-4-17(5-2)22(19,20)11-6-7-13(21-3)12(10-11)14(18)16-9-8-15/h6-7,10H,4-5,8-9,15H2,1-3H3,(H,16,18). The Labute approximate surface area is 131 Å². The molecule has 0 radical (unpaired) electrons. The van der Waals surface area contributed by atoms with Crippen LogP contribution in [0.5, 0.6) is 5.75 Å². The SMILES string of the molecule is CCN(CC)S(=O)(=O)c1ccc(OC)c(C(=O)NCCN)c1. The van der Waals surface area contributed by atoms with Crippen LogP contribution in [0.4, 0.5) is 0 Å². The highest BCUT2D eigenvalue weighted by Gasteiger charge is 2.24. The Bertz CT molecular complexity index is 613. The Kier molecular flexibility index (Phi) is 6.79. The van der Waals surface area contributed by atoms with Crippen LogP contribution < -0.4 is 15.8 Å². The molecule has 1 aromatic rings. The average molecular weight is 329 g/mol. The number of methoxy groups -OCH3 is 1. The van der Waals surface area contributed by atoms with Gasteiger partial charge in [-0.2, -0.15) is 4.31 Å². The van der Waals surface area contributed by atoms with Crippen LogP contribution in [0.25, 0.3) is 0 Å². The fourth-order valence-electron chi connectivity index (χ4n) is 2.02. The van der Waals surface area contributed by atoms with Crippen LogP contribution in [-0.4, -0.2) is 51.9 Å². The van der Waals surface area contributed by atoms with Gasteiger partial charge in [-0.05, 0) is 18.2 Å². The summed E-state index contributed by atoms with van der Waals surface area (Å²) < 4.78 is 31.5. The Morgan fingerprint density at radius 1 is 1.32 bits per heavy atom. The summed E-state index contributed by atoms with van der Waals surface area (Å²) in [5, 5.41) is 2.61. The van der Waals surface area contributed by atoms with Gasteiger partial charge in [-0.15, -0.1) is 0 Å². The third kappa shape index (κ3) is 3.96. The molecule has 8 heteroatoms. The summed E-state index contributed by atoms with van der Waals surface area (Å²) in [4.78, 5) is 12.2. The minimum absolute atomic E-state index is 0.0647. The molecule has 3 N–H and O–H groups in total. The highest BCUT2D eigenvalue weighted by Crippen LogP contribution is 2.24. The van der Waals surface area contributed by atoms with Crippen molar-refractivity contribution in [2.24, 2.45) is 5.73 Å². The van der Waals surface area contributed by atoms with Crippen molar-refractivity contribution in [3.8, 4) is 5.75 Å². The summed E-state index contributed by atoms with van der Waals surface area (Å²) in [5.74, 6) is -0.105. The zero-order chi connectivity index (χ0) is 16.8. The van der Waals surface area contributed by atoms with Crippen molar-refractivity contribution in [1.29, 1.82) is 0 Å². The van der Waals surface area contributed by atoms with Crippen LogP contribution >= 0.6 is 0 Å². The molecule has 124 valence electrons. The molecule has 0 aliphatic heterocycles. The van der Waals surface area contributed by atoms with Gasteiger partial charge >= 0.3 is 0 Å². The molecule has 0 bridgehead atoms. The second kappa shape index (κ2) is 8.11. The van der Waals surface area contributed by atoms with Crippen molar-refractivity contribution in [2.45, 2.75) is 18.7 Å². The molecule has 1 rings (SSSR count). The molecule has 0 saturated heterocycles. The fraction of sp³-hybridized carbons (Fsp3) is 0.500. The topological polar surface area (TPSA) is 102 Å². The minimum atomic E-state index is -3.63. The number of carbonyl (C=O) groups excluding carboxylic acids is 1. The number of amides is 1. The Morgan fingerprint density at radius 2 is 1.95 bits per heavy atom. The van der Waals surface area contributed by atoms with Gasteiger partial charge in [0.1, 0.15) is 5.75 Å². The Balaban J connectivity index is 3.27. The molecule has 0 atom stereocenters. The summed E-state index contributed by atoms with van der Waals surface area (Å²) in [5.41, 5.74) is 5.52. The van der Waals surface area contributed by atoms with E-state index in [-0.39, 0.29) is 10.5 Å². The summed E-state index contributed by atoms with van der Waals surface area (Å²) in [7, 11) is -2.21. The lowest BCUT2D eigenvalue weighted by Crippen LogP contribution is -2.32. The van der Waals surface area contributed by atoms with Crippen LogP contribution in [0.3, 0.4) is 0 Å². The second-order valence-corrected chi connectivity index (χ2v) is 6.43. The number of sulfonamides is 1. The van der Waals surface area contributed by atoms with Gasteiger partial charge in [-0.25, -0.2) is 8.42 Å². The highest BCUT2D eigenvalue weighted by atomic mass is 32.2. The van der Waals surface area contributed by atoms with Crippen molar-refractivity contribution in [3.05, 3.63) is 23.8 Å². The molecular formula is C14H23N3O4S. The molecule has 0 aliphatic carbocycles. The molecule has 1 amide bonds. The monoisotopic (exact) mass is 329 g/mol. The van der Waals surface area contributed by atoms with Crippen LogP contribution in [0, 0.1) is 0 Å². The number of carbonyl (C=O) groups is 1. The van der Waals surface area contributed by atoms with E-state index in [9.17, 15) is 13.2 Å². The van der Waals surface area contributed by atoms with Gasteiger partial charge in [0, 0.05) is 26.2 Å². The van der Waals surface area contributed by atoms with E-state index in [0.29, 0.717) is 31.9 Å². The summed E-state index contributed by atoms with van der Waals surface area (Å²) >= 11 is 0. The van der Waals surface area contributed by atoms with E-state index in [0.717, 1.165) is 0 Å². The number of benzene rings is 1. The molecule has 0 aromatic heterocycles. The van der Waals surface area contributed by atoms with Gasteiger partial charge in [-0.3, -0.25) is 4.79 Å². The van der Waals surface area contributed by atoms with E-state index in [1.165, 1.54) is 29.6 Å². The number of hydrogen-bond acceptors (Lipinski definition) is 5. The van der Waals surface area contributed by atoms with Gasteiger partial charge in [0.2, 0.25) is 10.0 Å². The average Bonchev–Trinajstić information content (AvgIpc) is 2.52. The molecule has 7 nitrogen and oxygen atoms in total. The molecule has 22 heavy (non-hydrogen) atoms. The highest BCUT2D eigenvalue weighted by molar-refractivity contribution is 7.89. The maximum atomic E-state index is 12.5. The van der Waals surface area contributed by atoms with Crippen LogP contribution in [-0.2, 0) is 10.0 Å². The van der Waals surface area contributed by atoms with Gasteiger partial charge in [0.25, 0.3) is 5.91 Å². The van der Waals surface area contributed by atoms with E-state index in [4.69, 9.17) is 10.5 Å². The number of ether oxygens (including phenoxy) is 1. The van der Waals surface area contributed by atoms with Crippen LogP contribution in [0.1, 0.15) is 24.2 Å². The van der Waals surface area contributed by atoms with Crippen molar-refractivity contribution >= 4 is 15.9 Å². The van der Waals surface area contributed by atoms with E-state index < -0.39 is 15.9 Å². The molecule has 0 fully saturated rings. The zero-order valence-corrected chi connectivity index (χ0v) is 13.9. The quantitative estimate of drug-likeness (QED) is 0.719. The largest absolute Gasteiger partial charge is 0.496 e. The zero-order valence-electron chi connectivity index (χ0n) is 13.1. The van der Waals surface area contributed by atoms with E-state index >= 15 is 0 Å². The molecule has 0 unspecified atom stereocenters. The number of nitrogens with two attached hydrogens (primary N) is 1. The molecule has 0 spiro atoms. The van der Waals surface area contributed by atoms with Crippen molar-refractivity contribution in [1.82, 2.24) is 9.62 Å². The summed E-state index contributed by atoms with van der Waals surface area (Å²) in [6.07, 6.45) is 0. The lowest BCUT2D eigenvalue weighted by Gasteiger charge is -2.19. The first-order valence-electron chi connectivity index (χ1n) is 7.08. The van der Waals surface area contributed by atoms with Gasteiger partial charge < -0.3 is 15.8 Å². The van der Waals surface area contributed by atoms with E-state index in [1.807, 2.05) is 0 Å².